The minimum Gasteiger partial charge on any atom is -0.326 e. The molecule has 1 atom stereocenters. The molecule has 1 heterocycles. The van der Waals surface area contributed by atoms with Gasteiger partial charge in [-0.1, -0.05) is 24.3 Å². The molecule has 1 aliphatic rings. The molecule has 1 unspecified atom stereocenters. The summed E-state index contributed by atoms with van der Waals surface area (Å²) < 4.78 is 13.1. The molecule has 1 saturated heterocycles. The van der Waals surface area contributed by atoms with Crippen molar-refractivity contribution in [2.45, 2.75) is 6.42 Å². The van der Waals surface area contributed by atoms with Crippen LogP contribution in [0.15, 0.2) is 54.6 Å². The van der Waals surface area contributed by atoms with Crippen molar-refractivity contribution in [3.8, 4) is 0 Å². The van der Waals surface area contributed by atoms with Crippen molar-refractivity contribution < 1.29 is 14.0 Å². The van der Waals surface area contributed by atoms with Gasteiger partial charge >= 0.3 is 0 Å². The molecular formula is C17H15FN2O2. The fourth-order valence-corrected chi connectivity index (χ4v) is 2.55. The van der Waals surface area contributed by atoms with E-state index in [0.717, 1.165) is 5.69 Å². The van der Waals surface area contributed by atoms with Gasteiger partial charge in [0, 0.05) is 24.3 Å². The van der Waals surface area contributed by atoms with Gasteiger partial charge in [-0.05, 0) is 30.3 Å². The van der Waals surface area contributed by atoms with Gasteiger partial charge in [0.1, 0.15) is 5.82 Å². The zero-order chi connectivity index (χ0) is 15.5. The lowest BCUT2D eigenvalue weighted by Crippen LogP contribution is -2.28. The lowest BCUT2D eigenvalue weighted by molar-refractivity contribution is -0.122. The van der Waals surface area contributed by atoms with Gasteiger partial charge in [-0.2, -0.15) is 0 Å². The van der Waals surface area contributed by atoms with Crippen LogP contribution in [0.25, 0.3) is 0 Å². The van der Waals surface area contributed by atoms with Crippen molar-refractivity contribution >= 4 is 23.2 Å². The number of nitrogens with one attached hydrogen (secondary N) is 1. The number of anilines is 2. The van der Waals surface area contributed by atoms with Gasteiger partial charge in [0.05, 0.1) is 5.92 Å². The van der Waals surface area contributed by atoms with Crippen LogP contribution in [0.3, 0.4) is 0 Å². The fourth-order valence-electron chi connectivity index (χ4n) is 2.55. The van der Waals surface area contributed by atoms with Gasteiger partial charge in [-0.25, -0.2) is 4.39 Å². The van der Waals surface area contributed by atoms with E-state index in [2.05, 4.69) is 5.32 Å². The molecule has 0 bridgehead atoms. The normalized spacial score (nSPS) is 17.6. The first kappa shape index (κ1) is 14.3. The Balaban J connectivity index is 1.69. The number of halogens is 1. The van der Waals surface area contributed by atoms with Crippen LogP contribution in [0.4, 0.5) is 15.8 Å². The van der Waals surface area contributed by atoms with Crippen LogP contribution in [0, 0.1) is 11.7 Å². The maximum absolute atomic E-state index is 13.1. The molecule has 3 rings (SSSR count). The molecule has 0 spiro atoms. The summed E-state index contributed by atoms with van der Waals surface area (Å²) in [5, 5.41) is 2.66. The highest BCUT2D eigenvalue weighted by Gasteiger charge is 2.35. The highest BCUT2D eigenvalue weighted by molar-refractivity contribution is 6.03. The zero-order valence-corrected chi connectivity index (χ0v) is 11.8. The Bertz CT molecular complexity index is 703. The Kier molecular flexibility index (Phi) is 3.87. The lowest BCUT2D eigenvalue weighted by Gasteiger charge is -2.16. The SMILES string of the molecule is O=C(Nc1cccc(F)c1)C1CC(=O)N(c2ccccc2)C1. The summed E-state index contributed by atoms with van der Waals surface area (Å²) in [6.07, 6.45) is 0.163. The summed E-state index contributed by atoms with van der Waals surface area (Å²) in [6, 6.07) is 15.0. The Morgan fingerprint density at radius 2 is 1.91 bits per heavy atom. The number of benzene rings is 2. The maximum atomic E-state index is 13.1. The number of hydrogen-bond donors (Lipinski definition) is 1. The molecule has 0 aromatic heterocycles. The van der Waals surface area contributed by atoms with Crippen LogP contribution in [-0.4, -0.2) is 18.4 Å². The standard InChI is InChI=1S/C17H15FN2O2/c18-13-5-4-6-14(10-13)19-17(22)12-9-16(21)20(11-12)15-7-2-1-3-8-15/h1-8,10,12H,9,11H2,(H,19,22). The number of amides is 2. The van der Waals surface area contributed by atoms with Gasteiger partial charge in [0.15, 0.2) is 0 Å². The predicted molar refractivity (Wildman–Crippen MR) is 81.9 cm³/mol. The Morgan fingerprint density at radius 3 is 2.64 bits per heavy atom. The molecule has 2 aromatic rings. The van der Waals surface area contributed by atoms with E-state index in [4.69, 9.17) is 0 Å². The van der Waals surface area contributed by atoms with E-state index in [1.54, 1.807) is 11.0 Å². The average molecular weight is 298 g/mol. The summed E-state index contributed by atoms with van der Waals surface area (Å²) in [5.74, 6) is -1.19. The minimum absolute atomic E-state index is 0.0782. The number of rotatable bonds is 3. The second-order valence-corrected chi connectivity index (χ2v) is 5.24. The molecule has 2 aromatic carbocycles. The van der Waals surface area contributed by atoms with E-state index in [-0.39, 0.29) is 18.2 Å². The number of hydrogen-bond acceptors (Lipinski definition) is 2. The summed E-state index contributed by atoms with van der Waals surface area (Å²) in [6.45, 7) is 0.337. The van der Waals surface area contributed by atoms with E-state index in [9.17, 15) is 14.0 Å². The second kappa shape index (κ2) is 5.97. The van der Waals surface area contributed by atoms with Gasteiger partial charge < -0.3 is 10.2 Å². The number of para-hydroxylation sites is 1. The first-order chi connectivity index (χ1) is 10.6. The lowest BCUT2D eigenvalue weighted by atomic mass is 10.1. The third-order valence-electron chi connectivity index (χ3n) is 3.66. The van der Waals surface area contributed by atoms with Crippen molar-refractivity contribution in [2.75, 3.05) is 16.8 Å². The summed E-state index contributed by atoms with van der Waals surface area (Å²) >= 11 is 0. The smallest absolute Gasteiger partial charge is 0.229 e. The molecule has 0 radical (unpaired) electrons. The molecule has 1 fully saturated rings. The van der Waals surface area contributed by atoms with Crippen LogP contribution >= 0.6 is 0 Å². The number of nitrogens with zero attached hydrogens (tertiary/aromatic N) is 1. The highest BCUT2D eigenvalue weighted by atomic mass is 19.1. The Labute approximate surface area is 127 Å². The van der Waals surface area contributed by atoms with E-state index in [1.165, 1.54) is 18.2 Å². The molecule has 112 valence electrons. The number of carbonyl (C=O) groups excluding carboxylic acids is 2. The van der Waals surface area contributed by atoms with Crippen molar-refractivity contribution in [3.63, 3.8) is 0 Å². The average Bonchev–Trinajstić information content (AvgIpc) is 2.90. The molecule has 5 heteroatoms. The molecule has 0 aliphatic carbocycles. The topological polar surface area (TPSA) is 49.4 Å². The molecular weight excluding hydrogens is 283 g/mol. The molecule has 1 N–H and O–H groups in total. The van der Waals surface area contributed by atoms with Crippen molar-refractivity contribution in [1.29, 1.82) is 0 Å². The van der Waals surface area contributed by atoms with Gasteiger partial charge in [-0.15, -0.1) is 0 Å². The summed E-state index contributed by atoms with van der Waals surface area (Å²) in [4.78, 5) is 25.9. The molecule has 2 amide bonds. The van der Waals surface area contributed by atoms with Gasteiger partial charge in [0.25, 0.3) is 0 Å². The van der Waals surface area contributed by atoms with Gasteiger partial charge in [0.2, 0.25) is 11.8 Å². The quantitative estimate of drug-likeness (QED) is 0.947. The minimum atomic E-state index is -0.434. The van der Waals surface area contributed by atoms with Crippen molar-refractivity contribution in [3.05, 3.63) is 60.4 Å². The first-order valence-electron chi connectivity index (χ1n) is 7.05. The van der Waals surface area contributed by atoms with Gasteiger partial charge in [-0.3, -0.25) is 9.59 Å². The summed E-state index contributed by atoms with van der Waals surface area (Å²) in [5.41, 5.74) is 1.18. The highest BCUT2D eigenvalue weighted by Crippen LogP contribution is 2.25. The third-order valence-corrected chi connectivity index (χ3v) is 3.66. The predicted octanol–water partition coefficient (Wildman–Crippen LogP) is 2.82. The van der Waals surface area contributed by atoms with Crippen LogP contribution in [-0.2, 0) is 9.59 Å². The van der Waals surface area contributed by atoms with Crippen LogP contribution in [0.1, 0.15) is 6.42 Å². The second-order valence-electron chi connectivity index (χ2n) is 5.24. The van der Waals surface area contributed by atoms with Crippen LogP contribution in [0.5, 0.6) is 0 Å². The molecule has 0 saturated carbocycles. The molecule has 22 heavy (non-hydrogen) atoms. The van der Waals surface area contributed by atoms with E-state index < -0.39 is 11.7 Å². The summed E-state index contributed by atoms with van der Waals surface area (Å²) in [7, 11) is 0. The van der Waals surface area contributed by atoms with E-state index >= 15 is 0 Å². The Morgan fingerprint density at radius 1 is 1.14 bits per heavy atom. The number of carbonyl (C=O) groups is 2. The first-order valence-corrected chi connectivity index (χ1v) is 7.05. The Hall–Kier alpha value is -2.69. The van der Waals surface area contributed by atoms with Crippen molar-refractivity contribution in [2.24, 2.45) is 5.92 Å². The van der Waals surface area contributed by atoms with Crippen LogP contribution < -0.4 is 10.2 Å². The fraction of sp³-hybridized carbons (Fsp3) is 0.176. The molecule has 1 aliphatic heterocycles. The zero-order valence-electron chi connectivity index (χ0n) is 11.8. The molecule has 4 nitrogen and oxygen atoms in total. The van der Waals surface area contributed by atoms with Crippen molar-refractivity contribution in [1.82, 2.24) is 0 Å². The van der Waals surface area contributed by atoms with E-state index in [0.29, 0.717) is 12.2 Å². The largest absolute Gasteiger partial charge is 0.326 e. The van der Waals surface area contributed by atoms with Crippen LogP contribution in [0.2, 0.25) is 0 Å². The van der Waals surface area contributed by atoms with E-state index in [1.807, 2.05) is 30.3 Å². The third kappa shape index (κ3) is 2.98. The maximum Gasteiger partial charge on any atom is 0.229 e. The monoisotopic (exact) mass is 298 g/mol.